The predicted molar refractivity (Wildman–Crippen MR) is 72.0 cm³/mol. The van der Waals surface area contributed by atoms with Crippen molar-refractivity contribution in [1.82, 2.24) is 24.9 Å². The van der Waals surface area contributed by atoms with Crippen LogP contribution in [-0.4, -0.2) is 32.0 Å². The molecule has 0 unspecified atom stereocenters. The van der Waals surface area contributed by atoms with E-state index in [1.807, 2.05) is 39.0 Å². The number of amides is 1. The summed E-state index contributed by atoms with van der Waals surface area (Å²) in [5.41, 5.74) is 1.76. The zero-order valence-electron chi connectivity index (χ0n) is 11.3. The Kier molecular flexibility index (Phi) is 3.89. The molecular weight excluding hydrogens is 242 g/mol. The lowest BCUT2D eigenvalue weighted by molar-refractivity contribution is 0.0944. The zero-order valence-corrected chi connectivity index (χ0v) is 11.3. The van der Waals surface area contributed by atoms with Gasteiger partial charge in [0.15, 0.2) is 0 Å². The Hall–Kier alpha value is -2.24. The number of allylic oxidation sites excluding steroid dienone is 1. The molecule has 100 valence electrons. The van der Waals surface area contributed by atoms with Crippen LogP contribution in [0.5, 0.6) is 0 Å². The predicted octanol–water partition coefficient (Wildman–Crippen LogP) is 1.44. The quantitative estimate of drug-likeness (QED) is 0.666. The molecule has 6 heteroatoms. The van der Waals surface area contributed by atoms with Crippen molar-refractivity contribution in [3.63, 3.8) is 0 Å². The highest BCUT2D eigenvalue weighted by Gasteiger charge is 2.13. The highest BCUT2D eigenvalue weighted by Crippen LogP contribution is 2.05. The highest BCUT2D eigenvalue weighted by molar-refractivity contribution is 5.90. The molecule has 0 aliphatic carbocycles. The molecule has 1 N–H and O–H groups in total. The summed E-state index contributed by atoms with van der Waals surface area (Å²) in [4.78, 5) is 20.3. The van der Waals surface area contributed by atoms with Crippen LogP contribution in [-0.2, 0) is 0 Å². The molecule has 0 aromatic carbocycles. The van der Waals surface area contributed by atoms with E-state index in [0.29, 0.717) is 12.3 Å². The number of carbonyl (C=O) groups excluding carboxylic acids is 1. The van der Waals surface area contributed by atoms with Gasteiger partial charge in [0.05, 0.1) is 0 Å². The third-order valence-corrected chi connectivity index (χ3v) is 2.65. The first-order chi connectivity index (χ1) is 9.11. The summed E-state index contributed by atoms with van der Waals surface area (Å²) in [5, 5.41) is 6.94. The van der Waals surface area contributed by atoms with Crippen LogP contribution in [0.2, 0.25) is 0 Å². The Balaban J connectivity index is 2.17. The second-order valence-corrected chi connectivity index (χ2v) is 4.30. The molecule has 0 saturated heterocycles. The normalized spacial score (nSPS) is 11.3. The van der Waals surface area contributed by atoms with Gasteiger partial charge in [0.2, 0.25) is 5.82 Å². The summed E-state index contributed by atoms with van der Waals surface area (Å²) >= 11 is 0. The maximum Gasteiger partial charge on any atom is 0.291 e. The van der Waals surface area contributed by atoms with Crippen molar-refractivity contribution in [2.45, 2.75) is 27.2 Å². The molecule has 0 aliphatic rings. The Morgan fingerprint density at radius 1 is 1.42 bits per heavy atom. The Morgan fingerprint density at radius 3 is 2.95 bits per heavy atom. The summed E-state index contributed by atoms with van der Waals surface area (Å²) in [7, 11) is 0. The number of aryl methyl sites for hydroxylation is 2. The average molecular weight is 259 g/mol. The fourth-order valence-corrected chi connectivity index (χ4v) is 1.78. The van der Waals surface area contributed by atoms with Gasteiger partial charge in [0.25, 0.3) is 11.7 Å². The van der Waals surface area contributed by atoms with E-state index >= 15 is 0 Å². The van der Waals surface area contributed by atoms with Crippen LogP contribution in [0.25, 0.3) is 5.78 Å². The van der Waals surface area contributed by atoms with Gasteiger partial charge in [-0.05, 0) is 33.3 Å². The van der Waals surface area contributed by atoms with Crippen LogP contribution >= 0.6 is 0 Å². The molecule has 2 aromatic rings. The number of hydrogen-bond donors (Lipinski definition) is 1. The van der Waals surface area contributed by atoms with Crippen LogP contribution in [0.4, 0.5) is 0 Å². The summed E-state index contributed by atoms with van der Waals surface area (Å²) in [5.74, 6) is 0.338. The van der Waals surface area contributed by atoms with Gasteiger partial charge >= 0.3 is 0 Å². The largest absolute Gasteiger partial charge is 0.349 e. The van der Waals surface area contributed by atoms with E-state index in [2.05, 4.69) is 20.4 Å². The summed E-state index contributed by atoms with van der Waals surface area (Å²) < 4.78 is 1.58. The van der Waals surface area contributed by atoms with Crippen molar-refractivity contribution in [2.75, 3.05) is 6.54 Å². The lowest BCUT2D eigenvalue weighted by Crippen LogP contribution is -2.25. The molecule has 1 amide bonds. The number of fused-ring (bicyclic) bond motifs is 1. The molecule has 0 spiro atoms. The van der Waals surface area contributed by atoms with Gasteiger partial charge in [0.1, 0.15) is 0 Å². The summed E-state index contributed by atoms with van der Waals surface area (Å²) in [6.07, 6.45) is 4.74. The lowest BCUT2D eigenvalue weighted by atomic mass is 10.4. The van der Waals surface area contributed by atoms with Crippen molar-refractivity contribution in [3.05, 3.63) is 35.4 Å². The smallest absolute Gasteiger partial charge is 0.291 e. The van der Waals surface area contributed by atoms with E-state index in [4.69, 9.17) is 0 Å². The molecule has 2 rings (SSSR count). The van der Waals surface area contributed by atoms with Crippen LogP contribution < -0.4 is 5.32 Å². The second kappa shape index (κ2) is 5.60. The van der Waals surface area contributed by atoms with Gasteiger partial charge in [-0.25, -0.2) is 9.50 Å². The molecule has 2 heterocycles. The molecule has 0 atom stereocenters. The van der Waals surface area contributed by atoms with Gasteiger partial charge in [-0.1, -0.05) is 12.2 Å². The fourth-order valence-electron chi connectivity index (χ4n) is 1.78. The molecule has 0 aliphatic heterocycles. The van der Waals surface area contributed by atoms with Crippen molar-refractivity contribution in [1.29, 1.82) is 0 Å². The third kappa shape index (κ3) is 2.96. The van der Waals surface area contributed by atoms with Crippen LogP contribution in [0.3, 0.4) is 0 Å². The zero-order chi connectivity index (χ0) is 13.8. The first-order valence-electron chi connectivity index (χ1n) is 6.22. The molecule has 0 saturated carbocycles. The minimum atomic E-state index is -0.271. The molecular formula is C13H17N5O. The van der Waals surface area contributed by atoms with Gasteiger partial charge in [-0.2, -0.15) is 4.98 Å². The third-order valence-electron chi connectivity index (χ3n) is 2.65. The second-order valence-electron chi connectivity index (χ2n) is 4.30. The van der Waals surface area contributed by atoms with Crippen LogP contribution in [0.15, 0.2) is 18.2 Å². The van der Waals surface area contributed by atoms with Gasteiger partial charge in [0, 0.05) is 17.9 Å². The van der Waals surface area contributed by atoms with Gasteiger partial charge in [-0.3, -0.25) is 4.79 Å². The first kappa shape index (κ1) is 13.2. The van der Waals surface area contributed by atoms with Crippen molar-refractivity contribution in [2.24, 2.45) is 0 Å². The van der Waals surface area contributed by atoms with Crippen molar-refractivity contribution >= 4 is 11.7 Å². The Morgan fingerprint density at radius 2 is 2.21 bits per heavy atom. The minimum Gasteiger partial charge on any atom is -0.349 e. The van der Waals surface area contributed by atoms with Crippen molar-refractivity contribution < 1.29 is 4.79 Å². The number of nitrogens with zero attached hydrogens (tertiary/aromatic N) is 4. The van der Waals surface area contributed by atoms with E-state index in [9.17, 15) is 4.79 Å². The SMILES string of the molecule is C/C=C/CCNC(=O)c1nc2nc(C)cc(C)n2n1. The van der Waals surface area contributed by atoms with E-state index in [1.165, 1.54) is 0 Å². The highest BCUT2D eigenvalue weighted by atomic mass is 16.2. The number of nitrogens with one attached hydrogen (secondary N) is 1. The average Bonchev–Trinajstić information content (AvgIpc) is 2.78. The number of rotatable bonds is 4. The lowest BCUT2D eigenvalue weighted by Gasteiger charge is -1.98. The van der Waals surface area contributed by atoms with E-state index in [0.717, 1.165) is 17.8 Å². The Bertz CT molecular complexity index is 629. The van der Waals surface area contributed by atoms with Gasteiger partial charge < -0.3 is 5.32 Å². The maximum absolute atomic E-state index is 11.9. The van der Waals surface area contributed by atoms with Crippen molar-refractivity contribution in [3.8, 4) is 0 Å². The maximum atomic E-state index is 11.9. The molecule has 6 nitrogen and oxygen atoms in total. The first-order valence-corrected chi connectivity index (χ1v) is 6.22. The molecule has 0 fully saturated rings. The van der Waals surface area contributed by atoms with Gasteiger partial charge in [-0.15, -0.1) is 5.10 Å². The number of carbonyl (C=O) groups is 1. The topological polar surface area (TPSA) is 72.2 Å². The summed E-state index contributed by atoms with van der Waals surface area (Å²) in [6, 6.07) is 1.90. The fraction of sp³-hybridized carbons (Fsp3) is 0.385. The van der Waals surface area contributed by atoms with Crippen LogP contribution in [0, 0.1) is 13.8 Å². The number of hydrogen-bond acceptors (Lipinski definition) is 4. The van der Waals surface area contributed by atoms with E-state index in [-0.39, 0.29) is 11.7 Å². The van der Waals surface area contributed by atoms with E-state index in [1.54, 1.807) is 4.52 Å². The molecule has 2 aromatic heterocycles. The monoisotopic (exact) mass is 259 g/mol. The standard InChI is InChI=1S/C13H17N5O/c1-4-5-6-7-14-12(19)11-16-13-15-9(2)8-10(3)18(13)17-11/h4-5,8H,6-7H2,1-3H3,(H,14,19)/b5-4+. The number of aromatic nitrogens is 4. The minimum absolute atomic E-state index is 0.154. The molecule has 0 radical (unpaired) electrons. The summed E-state index contributed by atoms with van der Waals surface area (Å²) in [6.45, 7) is 6.31. The molecule has 0 bridgehead atoms. The van der Waals surface area contributed by atoms with E-state index < -0.39 is 0 Å². The molecule has 19 heavy (non-hydrogen) atoms. The Labute approximate surface area is 111 Å². The van der Waals surface area contributed by atoms with Crippen LogP contribution in [0.1, 0.15) is 35.4 Å².